The molecule has 1 fully saturated rings. The van der Waals surface area contributed by atoms with Crippen LogP contribution in [-0.4, -0.2) is 55.5 Å². The summed E-state index contributed by atoms with van der Waals surface area (Å²) in [7, 11) is 1.63. The average Bonchev–Trinajstić information content (AvgIpc) is 2.67. The zero-order valence-corrected chi connectivity index (χ0v) is 18.6. The van der Waals surface area contributed by atoms with Crippen LogP contribution in [0.25, 0.3) is 0 Å². The Kier molecular flexibility index (Phi) is 10.8. The van der Waals surface area contributed by atoms with Gasteiger partial charge in [-0.1, -0.05) is 19.1 Å². The van der Waals surface area contributed by atoms with Crippen molar-refractivity contribution in [1.82, 2.24) is 15.5 Å². The van der Waals surface area contributed by atoms with Gasteiger partial charge in [0.1, 0.15) is 6.10 Å². The number of nitrogens with one attached hydrogen (secondary N) is 2. The highest BCUT2D eigenvalue weighted by molar-refractivity contribution is 14.0. The smallest absolute Gasteiger partial charge is 0.229 e. The molecule has 0 bridgehead atoms. The van der Waals surface area contributed by atoms with E-state index in [0.717, 1.165) is 0 Å². The summed E-state index contributed by atoms with van der Waals surface area (Å²) in [5, 5.41) is 6.20. The van der Waals surface area contributed by atoms with Gasteiger partial charge in [0.2, 0.25) is 11.8 Å². The van der Waals surface area contributed by atoms with Crippen molar-refractivity contribution in [2.75, 3.05) is 26.7 Å². The third-order valence-electron chi connectivity index (χ3n) is 4.32. The molecule has 2 amide bonds. The zero-order chi connectivity index (χ0) is 19.6. The minimum Gasteiger partial charge on any atom is -0.486 e. The quantitative estimate of drug-likeness (QED) is 0.245. The van der Waals surface area contributed by atoms with E-state index in [2.05, 4.69) is 15.6 Å². The minimum atomic E-state index is -0.394. The van der Waals surface area contributed by atoms with Crippen molar-refractivity contribution < 1.29 is 18.7 Å². The van der Waals surface area contributed by atoms with Crippen LogP contribution in [0.4, 0.5) is 4.39 Å². The summed E-state index contributed by atoms with van der Waals surface area (Å²) >= 11 is 0. The highest BCUT2D eigenvalue weighted by Crippen LogP contribution is 2.17. The molecule has 1 saturated heterocycles. The molecule has 7 nitrogen and oxygen atoms in total. The van der Waals surface area contributed by atoms with Gasteiger partial charge in [0.25, 0.3) is 0 Å². The number of hydrogen-bond acceptors (Lipinski definition) is 4. The lowest BCUT2D eigenvalue weighted by molar-refractivity contribution is -0.147. The van der Waals surface area contributed by atoms with Crippen LogP contribution in [0.5, 0.6) is 5.75 Å². The number of para-hydroxylation sites is 1. The van der Waals surface area contributed by atoms with Crippen molar-refractivity contribution in [3.8, 4) is 5.75 Å². The lowest BCUT2D eigenvalue weighted by atomic mass is 10.1. The number of benzene rings is 1. The Morgan fingerprint density at radius 2 is 1.93 bits per heavy atom. The maximum atomic E-state index is 13.7. The number of amides is 2. The van der Waals surface area contributed by atoms with Crippen LogP contribution in [0, 0.1) is 5.82 Å². The number of halogens is 2. The van der Waals surface area contributed by atoms with Gasteiger partial charge in [-0.3, -0.25) is 19.5 Å². The van der Waals surface area contributed by atoms with Gasteiger partial charge in [-0.2, -0.15) is 0 Å². The van der Waals surface area contributed by atoms with Crippen LogP contribution in [0.2, 0.25) is 0 Å². The van der Waals surface area contributed by atoms with Crippen molar-refractivity contribution in [3.05, 3.63) is 30.1 Å². The normalized spacial score (nSPS) is 15.7. The number of carbonyl (C=O) groups is 2. The third kappa shape index (κ3) is 7.25. The Morgan fingerprint density at radius 1 is 1.25 bits per heavy atom. The van der Waals surface area contributed by atoms with E-state index in [4.69, 9.17) is 4.74 Å². The van der Waals surface area contributed by atoms with Crippen LogP contribution in [0.3, 0.4) is 0 Å². The second-order valence-corrected chi connectivity index (χ2v) is 6.25. The Bertz CT molecular complexity index is 671. The van der Waals surface area contributed by atoms with Gasteiger partial charge in [0.15, 0.2) is 17.5 Å². The SMILES string of the molecule is CCC(CNC(=NC)NCCN1C(=O)CCCC1=O)Oc1ccccc1F.I. The number of ether oxygens (including phenoxy) is 1. The predicted molar refractivity (Wildman–Crippen MR) is 116 cm³/mol. The first-order chi connectivity index (χ1) is 13.0. The first kappa shape index (κ1) is 24.1. The molecule has 0 radical (unpaired) electrons. The maximum absolute atomic E-state index is 13.7. The van der Waals surface area contributed by atoms with Gasteiger partial charge < -0.3 is 15.4 Å². The topological polar surface area (TPSA) is 83.0 Å². The van der Waals surface area contributed by atoms with Crippen LogP contribution in [-0.2, 0) is 9.59 Å². The summed E-state index contributed by atoms with van der Waals surface area (Å²) < 4.78 is 19.4. The molecular weight excluding hydrogens is 478 g/mol. The molecule has 1 aromatic rings. The van der Waals surface area contributed by atoms with Crippen molar-refractivity contribution in [1.29, 1.82) is 0 Å². The van der Waals surface area contributed by atoms with Crippen molar-refractivity contribution in [2.45, 2.75) is 38.7 Å². The fourth-order valence-corrected chi connectivity index (χ4v) is 2.76. The molecule has 1 aromatic carbocycles. The highest BCUT2D eigenvalue weighted by atomic mass is 127. The second kappa shape index (κ2) is 12.5. The largest absolute Gasteiger partial charge is 0.486 e. The third-order valence-corrected chi connectivity index (χ3v) is 4.32. The van der Waals surface area contributed by atoms with Crippen molar-refractivity contribution in [3.63, 3.8) is 0 Å². The lowest BCUT2D eigenvalue weighted by Gasteiger charge is -2.25. The van der Waals surface area contributed by atoms with Gasteiger partial charge in [-0.05, 0) is 25.0 Å². The van der Waals surface area contributed by atoms with Gasteiger partial charge in [-0.25, -0.2) is 4.39 Å². The number of nitrogens with zero attached hydrogens (tertiary/aromatic N) is 2. The van der Waals surface area contributed by atoms with E-state index in [9.17, 15) is 14.0 Å². The molecule has 2 N–H and O–H groups in total. The molecule has 0 spiro atoms. The molecule has 0 aromatic heterocycles. The van der Waals surface area contributed by atoms with Crippen LogP contribution >= 0.6 is 24.0 Å². The Hall–Kier alpha value is -1.91. The van der Waals surface area contributed by atoms with Crippen molar-refractivity contribution >= 4 is 41.8 Å². The van der Waals surface area contributed by atoms with Gasteiger partial charge in [0.05, 0.1) is 6.54 Å². The number of rotatable bonds is 8. The minimum absolute atomic E-state index is 0. The van der Waals surface area contributed by atoms with Gasteiger partial charge >= 0.3 is 0 Å². The van der Waals surface area contributed by atoms with Crippen LogP contribution in [0.15, 0.2) is 29.3 Å². The van der Waals surface area contributed by atoms with E-state index in [-0.39, 0.29) is 47.6 Å². The Morgan fingerprint density at radius 3 is 2.54 bits per heavy atom. The number of likely N-dealkylation sites (tertiary alicyclic amines) is 1. The van der Waals surface area contributed by atoms with Crippen molar-refractivity contribution in [2.24, 2.45) is 4.99 Å². The van der Waals surface area contributed by atoms with E-state index >= 15 is 0 Å². The molecule has 1 unspecified atom stereocenters. The summed E-state index contributed by atoms with van der Waals surface area (Å²) in [5.41, 5.74) is 0. The summed E-state index contributed by atoms with van der Waals surface area (Å²) in [6, 6.07) is 6.30. The predicted octanol–water partition coefficient (Wildman–Crippen LogP) is 2.31. The Balaban J connectivity index is 0.00000392. The molecular formula is C19H28FIN4O3. The highest BCUT2D eigenvalue weighted by Gasteiger charge is 2.25. The van der Waals surface area contributed by atoms with E-state index in [1.54, 1.807) is 25.2 Å². The first-order valence-electron chi connectivity index (χ1n) is 9.24. The van der Waals surface area contributed by atoms with E-state index in [1.165, 1.54) is 11.0 Å². The van der Waals surface area contributed by atoms with Crippen LogP contribution in [0.1, 0.15) is 32.6 Å². The van der Waals surface area contributed by atoms with E-state index in [1.807, 2.05) is 6.92 Å². The number of aliphatic imine (C=N–C) groups is 1. The molecule has 1 aliphatic rings. The molecule has 28 heavy (non-hydrogen) atoms. The monoisotopic (exact) mass is 506 g/mol. The van der Waals surface area contributed by atoms with E-state index < -0.39 is 5.82 Å². The number of hydrogen-bond donors (Lipinski definition) is 2. The number of guanidine groups is 1. The fourth-order valence-electron chi connectivity index (χ4n) is 2.76. The summed E-state index contributed by atoms with van der Waals surface area (Å²) in [6.45, 7) is 3.10. The van der Waals surface area contributed by atoms with Gasteiger partial charge in [0, 0.05) is 33.0 Å². The number of piperidine rings is 1. The lowest BCUT2D eigenvalue weighted by Crippen LogP contribution is -2.47. The summed E-state index contributed by atoms with van der Waals surface area (Å²) in [6.07, 6.45) is 1.93. The van der Waals surface area contributed by atoms with E-state index in [0.29, 0.717) is 51.3 Å². The average molecular weight is 506 g/mol. The summed E-state index contributed by atoms with van der Waals surface area (Å²) in [4.78, 5) is 29.0. The molecule has 1 heterocycles. The molecule has 9 heteroatoms. The molecule has 156 valence electrons. The molecule has 2 rings (SSSR count). The number of imide groups is 1. The van der Waals surface area contributed by atoms with Gasteiger partial charge in [-0.15, -0.1) is 24.0 Å². The fraction of sp³-hybridized carbons (Fsp3) is 0.526. The first-order valence-corrected chi connectivity index (χ1v) is 9.24. The molecule has 0 saturated carbocycles. The van der Waals surface area contributed by atoms with Crippen LogP contribution < -0.4 is 15.4 Å². The summed E-state index contributed by atoms with van der Waals surface area (Å²) in [5.74, 6) is 0.105. The maximum Gasteiger partial charge on any atom is 0.229 e. The Labute approximate surface area is 182 Å². The number of carbonyl (C=O) groups excluding carboxylic acids is 2. The molecule has 1 aliphatic heterocycles. The molecule has 1 atom stereocenters. The standard InChI is InChI=1S/C19H27FN4O3.HI/c1-3-14(27-16-8-5-4-7-15(16)20)13-23-19(21-2)22-11-12-24-17(25)9-6-10-18(24)26;/h4-5,7-8,14H,3,6,9-13H2,1-2H3,(H2,21,22,23);1H. The zero-order valence-electron chi connectivity index (χ0n) is 16.2. The molecule has 0 aliphatic carbocycles. The second-order valence-electron chi connectivity index (χ2n) is 6.25.